The van der Waals surface area contributed by atoms with Crippen LogP contribution >= 0.6 is 23.1 Å². The van der Waals surface area contributed by atoms with Gasteiger partial charge in [0, 0.05) is 0 Å². The standard InChI is InChI=1S/C16H19N3O5S2/c1-9(25-8-13(20)24-4)14(21)17-16-19-18-15(26-16)11-7-10(22-2)5-6-12(11)23-3/h5-7,9H,8H2,1-4H3,(H,17,19,21)/t9-/m1/s1. The predicted molar refractivity (Wildman–Crippen MR) is 101 cm³/mol. The zero-order valence-corrected chi connectivity index (χ0v) is 16.4. The first-order valence-electron chi connectivity index (χ1n) is 7.53. The molecule has 0 aliphatic carbocycles. The normalized spacial score (nSPS) is 11.5. The Labute approximate surface area is 159 Å². The summed E-state index contributed by atoms with van der Waals surface area (Å²) in [5.41, 5.74) is 0.720. The minimum absolute atomic E-state index is 0.105. The Bertz CT molecular complexity index is 781. The van der Waals surface area contributed by atoms with Gasteiger partial charge in [0.1, 0.15) is 11.5 Å². The molecule has 8 nitrogen and oxygen atoms in total. The molecule has 1 aromatic carbocycles. The maximum Gasteiger partial charge on any atom is 0.315 e. The Morgan fingerprint density at radius 1 is 1.23 bits per heavy atom. The Morgan fingerprint density at radius 3 is 2.65 bits per heavy atom. The van der Waals surface area contributed by atoms with E-state index >= 15 is 0 Å². The molecular weight excluding hydrogens is 378 g/mol. The van der Waals surface area contributed by atoms with E-state index in [0.717, 1.165) is 5.56 Å². The van der Waals surface area contributed by atoms with Gasteiger partial charge in [0.2, 0.25) is 11.0 Å². The second-order valence-electron chi connectivity index (χ2n) is 5.00. The van der Waals surface area contributed by atoms with Crippen LogP contribution in [0, 0.1) is 0 Å². The highest BCUT2D eigenvalue weighted by atomic mass is 32.2. The molecule has 2 aromatic rings. The van der Waals surface area contributed by atoms with E-state index in [1.54, 1.807) is 39.3 Å². The van der Waals surface area contributed by atoms with Crippen molar-refractivity contribution in [2.45, 2.75) is 12.2 Å². The van der Waals surface area contributed by atoms with Crippen LogP contribution in [0.15, 0.2) is 18.2 Å². The Balaban J connectivity index is 2.08. The molecule has 0 fully saturated rings. The van der Waals surface area contributed by atoms with E-state index in [0.29, 0.717) is 21.6 Å². The maximum absolute atomic E-state index is 12.2. The molecular formula is C16H19N3O5S2. The molecule has 0 spiro atoms. The molecule has 0 saturated carbocycles. The quantitative estimate of drug-likeness (QED) is 0.678. The number of carbonyl (C=O) groups is 2. The number of aromatic nitrogens is 2. The summed E-state index contributed by atoms with van der Waals surface area (Å²) in [4.78, 5) is 23.3. The molecule has 0 unspecified atom stereocenters. The maximum atomic E-state index is 12.2. The predicted octanol–water partition coefficient (Wildman–Crippen LogP) is 2.46. The van der Waals surface area contributed by atoms with Crippen LogP contribution in [0.5, 0.6) is 11.5 Å². The molecule has 0 radical (unpaired) electrons. The third-order valence-corrected chi connectivity index (χ3v) is 5.33. The van der Waals surface area contributed by atoms with Crippen molar-refractivity contribution >= 4 is 40.1 Å². The smallest absolute Gasteiger partial charge is 0.315 e. The van der Waals surface area contributed by atoms with E-state index in [-0.39, 0.29) is 17.6 Å². The zero-order valence-electron chi connectivity index (χ0n) is 14.8. The lowest BCUT2D eigenvalue weighted by molar-refractivity contribution is -0.137. The lowest BCUT2D eigenvalue weighted by atomic mass is 10.2. The molecule has 10 heteroatoms. The number of benzene rings is 1. The lowest BCUT2D eigenvalue weighted by Gasteiger charge is -2.09. The van der Waals surface area contributed by atoms with Crippen LogP contribution in [-0.2, 0) is 14.3 Å². The first kappa shape index (κ1) is 20.0. The number of thioether (sulfide) groups is 1. The zero-order chi connectivity index (χ0) is 19.1. The number of hydrogen-bond acceptors (Lipinski definition) is 9. The number of hydrogen-bond donors (Lipinski definition) is 1. The Morgan fingerprint density at radius 2 is 2.00 bits per heavy atom. The van der Waals surface area contributed by atoms with Gasteiger partial charge in [0.25, 0.3) is 0 Å². The summed E-state index contributed by atoms with van der Waals surface area (Å²) >= 11 is 2.40. The summed E-state index contributed by atoms with van der Waals surface area (Å²) in [5, 5.41) is 11.3. The minimum Gasteiger partial charge on any atom is -0.497 e. The van der Waals surface area contributed by atoms with Gasteiger partial charge in [-0.15, -0.1) is 22.0 Å². The Kier molecular flexibility index (Phi) is 7.22. The minimum atomic E-state index is -0.437. The third kappa shape index (κ3) is 5.09. The SMILES string of the molecule is COC(=O)CS[C@H](C)C(=O)Nc1nnc(-c2cc(OC)ccc2OC)s1. The summed E-state index contributed by atoms with van der Waals surface area (Å²) in [7, 11) is 4.45. The molecule has 0 aliphatic rings. The van der Waals surface area contributed by atoms with Crippen molar-refractivity contribution in [2.24, 2.45) is 0 Å². The molecule has 1 atom stereocenters. The molecule has 1 aromatic heterocycles. The number of anilines is 1. The second kappa shape index (κ2) is 9.39. The first-order valence-corrected chi connectivity index (χ1v) is 9.40. The average molecular weight is 397 g/mol. The third-order valence-electron chi connectivity index (χ3n) is 3.34. The summed E-state index contributed by atoms with van der Waals surface area (Å²) in [6, 6.07) is 5.35. The molecule has 1 heterocycles. The number of rotatable bonds is 8. The average Bonchev–Trinajstić information content (AvgIpc) is 3.13. The van der Waals surface area contributed by atoms with E-state index in [2.05, 4.69) is 20.3 Å². The van der Waals surface area contributed by atoms with Crippen molar-refractivity contribution in [1.29, 1.82) is 0 Å². The Hall–Kier alpha value is -2.33. The van der Waals surface area contributed by atoms with Crippen molar-refractivity contribution in [1.82, 2.24) is 10.2 Å². The van der Waals surface area contributed by atoms with Gasteiger partial charge >= 0.3 is 5.97 Å². The molecule has 0 saturated heterocycles. The number of esters is 1. The van der Waals surface area contributed by atoms with E-state index < -0.39 is 5.25 Å². The number of methoxy groups -OCH3 is 3. The molecule has 1 N–H and O–H groups in total. The van der Waals surface area contributed by atoms with E-state index in [1.165, 1.54) is 30.2 Å². The fraction of sp³-hybridized carbons (Fsp3) is 0.375. The van der Waals surface area contributed by atoms with E-state index in [9.17, 15) is 9.59 Å². The summed E-state index contributed by atoms with van der Waals surface area (Å²) < 4.78 is 15.1. The lowest BCUT2D eigenvalue weighted by Crippen LogP contribution is -2.23. The molecule has 0 bridgehead atoms. The van der Waals surface area contributed by atoms with E-state index in [4.69, 9.17) is 9.47 Å². The molecule has 26 heavy (non-hydrogen) atoms. The number of carbonyl (C=O) groups excluding carboxylic acids is 2. The van der Waals surface area contributed by atoms with Crippen LogP contribution in [-0.4, -0.2) is 54.4 Å². The van der Waals surface area contributed by atoms with Gasteiger partial charge in [0.05, 0.1) is 37.9 Å². The second-order valence-corrected chi connectivity index (χ2v) is 7.30. The van der Waals surface area contributed by atoms with Crippen molar-refractivity contribution in [3.63, 3.8) is 0 Å². The number of amides is 1. The monoisotopic (exact) mass is 397 g/mol. The van der Waals surface area contributed by atoms with Gasteiger partial charge in [-0.2, -0.15) is 0 Å². The summed E-state index contributed by atoms with van der Waals surface area (Å²) in [6.07, 6.45) is 0. The van der Waals surface area contributed by atoms with Gasteiger partial charge in [-0.1, -0.05) is 11.3 Å². The van der Waals surface area contributed by atoms with Gasteiger partial charge in [-0.25, -0.2) is 0 Å². The molecule has 140 valence electrons. The van der Waals surface area contributed by atoms with Crippen molar-refractivity contribution in [2.75, 3.05) is 32.4 Å². The molecule has 0 aliphatic heterocycles. The van der Waals surface area contributed by atoms with Gasteiger partial charge in [-0.05, 0) is 25.1 Å². The highest BCUT2D eigenvalue weighted by Crippen LogP contribution is 2.36. The van der Waals surface area contributed by atoms with Gasteiger partial charge in [0.15, 0.2) is 5.01 Å². The number of nitrogens with zero attached hydrogens (tertiary/aromatic N) is 2. The highest BCUT2D eigenvalue weighted by Gasteiger charge is 2.19. The van der Waals surface area contributed by atoms with Crippen LogP contribution in [0.1, 0.15) is 6.92 Å². The van der Waals surface area contributed by atoms with Crippen LogP contribution in [0.3, 0.4) is 0 Å². The van der Waals surface area contributed by atoms with Crippen LogP contribution < -0.4 is 14.8 Å². The topological polar surface area (TPSA) is 99.6 Å². The van der Waals surface area contributed by atoms with E-state index in [1.807, 2.05) is 0 Å². The van der Waals surface area contributed by atoms with Crippen LogP contribution in [0.25, 0.3) is 10.6 Å². The van der Waals surface area contributed by atoms with Crippen LogP contribution in [0.4, 0.5) is 5.13 Å². The number of ether oxygens (including phenoxy) is 3. The van der Waals surface area contributed by atoms with Crippen molar-refractivity contribution < 1.29 is 23.8 Å². The van der Waals surface area contributed by atoms with Crippen LogP contribution in [0.2, 0.25) is 0 Å². The fourth-order valence-electron chi connectivity index (χ4n) is 1.90. The first-order chi connectivity index (χ1) is 12.5. The molecule has 1 amide bonds. The van der Waals surface area contributed by atoms with Gasteiger partial charge < -0.3 is 14.2 Å². The summed E-state index contributed by atoms with van der Waals surface area (Å²) in [5.74, 6) is 0.751. The highest BCUT2D eigenvalue weighted by molar-refractivity contribution is 8.01. The largest absolute Gasteiger partial charge is 0.497 e. The summed E-state index contributed by atoms with van der Waals surface area (Å²) in [6.45, 7) is 1.70. The van der Waals surface area contributed by atoms with Crippen molar-refractivity contribution in [3.05, 3.63) is 18.2 Å². The van der Waals surface area contributed by atoms with Gasteiger partial charge in [-0.3, -0.25) is 14.9 Å². The molecule has 2 rings (SSSR count). The fourth-order valence-corrected chi connectivity index (χ4v) is 3.38. The number of nitrogens with one attached hydrogen (secondary N) is 1. The van der Waals surface area contributed by atoms with Crippen molar-refractivity contribution in [3.8, 4) is 22.1 Å².